The Morgan fingerprint density at radius 2 is 1.50 bits per heavy atom. The summed E-state index contributed by atoms with van der Waals surface area (Å²) in [6.07, 6.45) is 1.67. The van der Waals surface area contributed by atoms with Gasteiger partial charge in [-0.25, -0.2) is 0 Å². The molecule has 0 bridgehead atoms. The molecule has 1 aliphatic rings. The largest absolute Gasteiger partial charge is 0.294 e. The van der Waals surface area contributed by atoms with Gasteiger partial charge in [0.15, 0.2) is 5.78 Å². The van der Waals surface area contributed by atoms with Gasteiger partial charge < -0.3 is 0 Å². The van der Waals surface area contributed by atoms with Gasteiger partial charge in [0.25, 0.3) is 0 Å². The third kappa shape index (κ3) is 1.95. The van der Waals surface area contributed by atoms with Gasteiger partial charge in [0, 0.05) is 11.5 Å². The minimum absolute atomic E-state index is 0.0438. The van der Waals surface area contributed by atoms with Gasteiger partial charge in [0.05, 0.1) is 5.02 Å². The molecular formula is C16H13ClO. The normalized spacial score (nSPS) is 14.5. The van der Waals surface area contributed by atoms with Gasteiger partial charge in [-0.15, -0.1) is 0 Å². The van der Waals surface area contributed by atoms with Crippen molar-refractivity contribution in [3.8, 4) is 0 Å². The molecular weight excluding hydrogens is 244 g/mol. The van der Waals surface area contributed by atoms with Crippen LogP contribution in [0.1, 0.15) is 21.5 Å². The van der Waals surface area contributed by atoms with Gasteiger partial charge in [0.1, 0.15) is 0 Å². The van der Waals surface area contributed by atoms with Crippen LogP contribution in [0.4, 0.5) is 0 Å². The molecule has 0 radical (unpaired) electrons. The number of hydrogen-bond acceptors (Lipinski definition) is 1. The number of Topliss-reactive ketones (excluding diaryl/α,β-unsaturated/α-hetero) is 1. The summed E-state index contributed by atoms with van der Waals surface area (Å²) in [6.45, 7) is 0. The number of halogens is 1. The number of ketones is 1. The van der Waals surface area contributed by atoms with E-state index in [0.717, 1.165) is 12.8 Å². The highest BCUT2D eigenvalue weighted by Gasteiger charge is 2.28. The van der Waals surface area contributed by atoms with Crippen LogP contribution in [-0.4, -0.2) is 5.78 Å². The maximum Gasteiger partial charge on any atom is 0.168 e. The maximum absolute atomic E-state index is 12.5. The molecule has 18 heavy (non-hydrogen) atoms. The molecule has 3 rings (SSSR count). The van der Waals surface area contributed by atoms with Crippen molar-refractivity contribution < 1.29 is 4.79 Å². The first-order valence-corrected chi connectivity index (χ1v) is 6.49. The molecule has 0 saturated heterocycles. The highest BCUT2D eigenvalue weighted by molar-refractivity contribution is 6.34. The Kier molecular flexibility index (Phi) is 2.92. The number of carbonyl (C=O) groups is 1. The Morgan fingerprint density at radius 1 is 0.944 bits per heavy atom. The molecule has 0 fully saturated rings. The summed E-state index contributed by atoms with van der Waals surface area (Å²) < 4.78 is 0. The monoisotopic (exact) mass is 256 g/mol. The zero-order valence-corrected chi connectivity index (χ0v) is 10.7. The van der Waals surface area contributed by atoms with Gasteiger partial charge in [0.2, 0.25) is 0 Å². The van der Waals surface area contributed by atoms with E-state index in [1.54, 1.807) is 6.07 Å². The number of fused-ring (bicyclic) bond motifs is 1. The summed E-state index contributed by atoms with van der Waals surface area (Å²) in [5, 5.41) is 0.554. The topological polar surface area (TPSA) is 17.1 Å². The fraction of sp³-hybridized carbons (Fsp3) is 0.188. The average molecular weight is 257 g/mol. The van der Waals surface area contributed by atoms with Crippen LogP contribution < -0.4 is 0 Å². The van der Waals surface area contributed by atoms with E-state index in [0.29, 0.717) is 10.6 Å². The Balaban J connectivity index is 1.87. The summed E-state index contributed by atoms with van der Waals surface area (Å²) in [5.41, 5.74) is 3.24. The molecule has 0 amide bonds. The lowest BCUT2D eigenvalue weighted by molar-refractivity contribution is 0.0925. The number of rotatable bonds is 2. The first kappa shape index (κ1) is 11.5. The first-order chi connectivity index (χ1) is 8.75. The van der Waals surface area contributed by atoms with Crippen molar-refractivity contribution >= 4 is 17.4 Å². The smallest absolute Gasteiger partial charge is 0.168 e. The number of benzene rings is 2. The van der Waals surface area contributed by atoms with Crippen LogP contribution in [0.5, 0.6) is 0 Å². The minimum atomic E-state index is 0.0438. The van der Waals surface area contributed by atoms with E-state index in [4.69, 9.17) is 11.6 Å². The summed E-state index contributed by atoms with van der Waals surface area (Å²) in [7, 11) is 0. The van der Waals surface area contributed by atoms with Crippen LogP contribution in [0, 0.1) is 5.92 Å². The zero-order chi connectivity index (χ0) is 12.5. The second-order valence-electron chi connectivity index (χ2n) is 4.72. The lowest BCUT2D eigenvalue weighted by atomic mass is 9.95. The van der Waals surface area contributed by atoms with Crippen molar-refractivity contribution in [2.75, 3.05) is 0 Å². The molecule has 90 valence electrons. The summed E-state index contributed by atoms with van der Waals surface area (Å²) in [4.78, 5) is 12.5. The molecule has 1 aliphatic carbocycles. The van der Waals surface area contributed by atoms with Crippen LogP contribution in [0.2, 0.25) is 5.02 Å². The molecule has 2 aromatic carbocycles. The van der Waals surface area contributed by atoms with E-state index in [-0.39, 0.29) is 11.7 Å². The van der Waals surface area contributed by atoms with E-state index >= 15 is 0 Å². The van der Waals surface area contributed by atoms with E-state index in [2.05, 4.69) is 12.1 Å². The van der Waals surface area contributed by atoms with Crippen LogP contribution in [-0.2, 0) is 12.8 Å². The molecule has 0 unspecified atom stereocenters. The van der Waals surface area contributed by atoms with Gasteiger partial charge in [-0.3, -0.25) is 4.79 Å². The minimum Gasteiger partial charge on any atom is -0.294 e. The van der Waals surface area contributed by atoms with E-state index in [1.807, 2.05) is 30.3 Å². The van der Waals surface area contributed by atoms with Crippen LogP contribution in [0.25, 0.3) is 0 Å². The fourth-order valence-electron chi connectivity index (χ4n) is 2.63. The average Bonchev–Trinajstić information content (AvgIpc) is 2.82. The van der Waals surface area contributed by atoms with E-state index < -0.39 is 0 Å². The molecule has 0 N–H and O–H groups in total. The van der Waals surface area contributed by atoms with Crippen molar-refractivity contribution in [2.45, 2.75) is 12.8 Å². The Labute approximate surface area is 111 Å². The van der Waals surface area contributed by atoms with Crippen LogP contribution in [0.3, 0.4) is 0 Å². The zero-order valence-electron chi connectivity index (χ0n) is 9.90. The van der Waals surface area contributed by atoms with Gasteiger partial charge >= 0.3 is 0 Å². The fourth-order valence-corrected chi connectivity index (χ4v) is 2.85. The first-order valence-electron chi connectivity index (χ1n) is 6.11. The maximum atomic E-state index is 12.5. The molecule has 2 aromatic rings. The van der Waals surface area contributed by atoms with Gasteiger partial charge in [-0.1, -0.05) is 48.0 Å². The lowest BCUT2D eigenvalue weighted by Gasteiger charge is -2.09. The van der Waals surface area contributed by atoms with Crippen molar-refractivity contribution in [1.82, 2.24) is 0 Å². The molecule has 2 heteroatoms. The predicted octanol–water partition coefficient (Wildman–Crippen LogP) is 3.94. The summed E-state index contributed by atoms with van der Waals surface area (Å²) in [6, 6.07) is 15.6. The molecule has 0 atom stereocenters. The molecule has 0 spiro atoms. The second kappa shape index (κ2) is 4.58. The SMILES string of the molecule is O=C(c1ccccc1Cl)C1Cc2ccccc2C1. The van der Waals surface area contributed by atoms with Crippen molar-refractivity contribution in [3.63, 3.8) is 0 Å². The van der Waals surface area contributed by atoms with E-state index in [9.17, 15) is 4.79 Å². The third-order valence-electron chi connectivity index (χ3n) is 3.56. The highest BCUT2D eigenvalue weighted by Crippen LogP contribution is 2.30. The third-order valence-corrected chi connectivity index (χ3v) is 3.89. The highest BCUT2D eigenvalue weighted by atomic mass is 35.5. The van der Waals surface area contributed by atoms with Crippen molar-refractivity contribution in [3.05, 3.63) is 70.2 Å². The van der Waals surface area contributed by atoms with Crippen LogP contribution in [0.15, 0.2) is 48.5 Å². The summed E-state index contributed by atoms with van der Waals surface area (Å²) in [5.74, 6) is 0.208. The van der Waals surface area contributed by atoms with Crippen molar-refractivity contribution in [2.24, 2.45) is 5.92 Å². The number of carbonyl (C=O) groups excluding carboxylic acids is 1. The van der Waals surface area contributed by atoms with Crippen LogP contribution >= 0.6 is 11.6 Å². The molecule has 0 aromatic heterocycles. The Hall–Kier alpha value is -1.60. The molecule has 1 nitrogen and oxygen atoms in total. The van der Waals surface area contributed by atoms with Gasteiger partial charge in [-0.2, -0.15) is 0 Å². The van der Waals surface area contributed by atoms with Gasteiger partial charge in [-0.05, 0) is 36.1 Å². The predicted molar refractivity (Wildman–Crippen MR) is 73.1 cm³/mol. The lowest BCUT2D eigenvalue weighted by Crippen LogP contribution is -2.15. The molecule has 0 aliphatic heterocycles. The summed E-state index contributed by atoms with van der Waals surface area (Å²) >= 11 is 6.09. The van der Waals surface area contributed by atoms with E-state index in [1.165, 1.54) is 11.1 Å². The van der Waals surface area contributed by atoms with Crippen molar-refractivity contribution in [1.29, 1.82) is 0 Å². The molecule has 0 saturated carbocycles. The molecule has 0 heterocycles. The standard InChI is InChI=1S/C16H13ClO/c17-15-8-4-3-7-14(15)16(18)13-9-11-5-1-2-6-12(11)10-13/h1-8,13H,9-10H2. The number of hydrogen-bond donors (Lipinski definition) is 0. The Bertz CT molecular complexity index is 579. The quantitative estimate of drug-likeness (QED) is 0.744. The second-order valence-corrected chi connectivity index (χ2v) is 5.13. The Morgan fingerprint density at radius 3 is 2.11 bits per heavy atom.